The van der Waals surface area contributed by atoms with E-state index in [1.165, 1.54) is 12.3 Å². The van der Waals surface area contributed by atoms with Crippen molar-refractivity contribution >= 4 is 38.0 Å². The second-order valence-electron chi connectivity index (χ2n) is 6.45. The monoisotopic (exact) mass is 444 g/mol. The van der Waals surface area contributed by atoms with Crippen LogP contribution in [0, 0.1) is 0 Å². The molecule has 10 heteroatoms. The van der Waals surface area contributed by atoms with Gasteiger partial charge in [-0.3, -0.25) is 9.54 Å². The number of hydrogen-bond donors (Lipinski definition) is 3. The van der Waals surface area contributed by atoms with Gasteiger partial charge in [-0.2, -0.15) is 8.42 Å². The Morgan fingerprint density at radius 1 is 0.935 bits per heavy atom. The van der Waals surface area contributed by atoms with Crippen molar-refractivity contribution in [2.24, 2.45) is 10.2 Å². The van der Waals surface area contributed by atoms with Crippen molar-refractivity contribution in [3.8, 4) is 17.0 Å². The molecule has 0 unspecified atom stereocenters. The number of anilines is 1. The van der Waals surface area contributed by atoms with Gasteiger partial charge in [0.15, 0.2) is 0 Å². The number of nitrogen functional groups attached to an aromatic ring is 1. The van der Waals surface area contributed by atoms with Crippen molar-refractivity contribution in [2.45, 2.75) is 4.90 Å². The Labute approximate surface area is 202 Å². The van der Waals surface area contributed by atoms with Gasteiger partial charge in [-0.25, -0.2) is 0 Å². The molecular weight excluding hydrogens is 427 g/mol. The van der Waals surface area contributed by atoms with Crippen LogP contribution in [0.25, 0.3) is 22.0 Å². The number of hydrogen-bond acceptors (Lipinski definition) is 7. The summed E-state index contributed by atoms with van der Waals surface area (Å²) in [6, 6.07) is 17.9. The van der Waals surface area contributed by atoms with Gasteiger partial charge in [0.05, 0.1) is 17.6 Å². The quantitative estimate of drug-likeness (QED) is 0.190. The number of fused-ring (bicyclic) bond motifs is 1. The molecule has 1 aromatic heterocycles. The van der Waals surface area contributed by atoms with Crippen LogP contribution >= 0.6 is 0 Å². The fourth-order valence-electron chi connectivity index (χ4n) is 3.05. The van der Waals surface area contributed by atoms with Crippen LogP contribution in [-0.2, 0) is 10.1 Å². The zero-order valence-corrected chi connectivity index (χ0v) is 19.3. The van der Waals surface area contributed by atoms with E-state index in [0.29, 0.717) is 27.7 Å². The SMILES string of the molecule is Nc1c(N=Nc2ccc(-c3ccccc3O)nc2)cc(S(=O)(=O)O)c2ccccc12.[H-].[Na+]. The molecule has 0 aliphatic rings. The topological polar surface area (TPSA) is 138 Å². The molecular formula is C21H17N4NaO4S. The molecule has 4 N–H and O–H groups in total. The van der Waals surface area contributed by atoms with Gasteiger partial charge in [-0.15, -0.1) is 10.2 Å². The fourth-order valence-corrected chi connectivity index (χ4v) is 3.77. The molecule has 0 saturated carbocycles. The summed E-state index contributed by atoms with van der Waals surface area (Å²) in [6.45, 7) is 0. The van der Waals surface area contributed by atoms with Gasteiger partial charge in [-0.05, 0) is 30.3 Å². The third-order valence-electron chi connectivity index (χ3n) is 4.51. The normalized spacial score (nSPS) is 11.5. The van der Waals surface area contributed by atoms with Crippen molar-refractivity contribution < 1.29 is 49.1 Å². The van der Waals surface area contributed by atoms with E-state index < -0.39 is 10.1 Å². The Morgan fingerprint density at radius 3 is 2.26 bits per heavy atom. The molecule has 0 amide bonds. The molecule has 0 atom stereocenters. The van der Waals surface area contributed by atoms with Crippen molar-refractivity contribution in [1.82, 2.24) is 4.98 Å². The van der Waals surface area contributed by atoms with E-state index in [0.717, 1.165) is 0 Å². The Kier molecular flexibility index (Phi) is 6.73. The first-order valence-corrected chi connectivity index (χ1v) is 10.2. The summed E-state index contributed by atoms with van der Waals surface area (Å²) in [6.07, 6.45) is 1.46. The minimum absolute atomic E-state index is 0. The number of rotatable bonds is 4. The molecule has 0 spiro atoms. The van der Waals surface area contributed by atoms with E-state index in [-0.39, 0.29) is 53.0 Å². The van der Waals surface area contributed by atoms with Crippen LogP contribution in [0.15, 0.2) is 88.1 Å². The van der Waals surface area contributed by atoms with Gasteiger partial charge in [0.2, 0.25) is 0 Å². The van der Waals surface area contributed by atoms with Crippen LogP contribution in [0.3, 0.4) is 0 Å². The van der Waals surface area contributed by atoms with E-state index in [1.54, 1.807) is 60.7 Å². The molecule has 152 valence electrons. The van der Waals surface area contributed by atoms with Crippen molar-refractivity contribution in [3.05, 3.63) is 72.9 Å². The van der Waals surface area contributed by atoms with Gasteiger partial charge in [0, 0.05) is 16.3 Å². The largest absolute Gasteiger partial charge is 1.00 e. The third-order valence-corrected chi connectivity index (χ3v) is 5.40. The van der Waals surface area contributed by atoms with E-state index in [9.17, 15) is 18.1 Å². The number of pyridine rings is 1. The number of phenols is 1. The van der Waals surface area contributed by atoms with Crippen molar-refractivity contribution in [2.75, 3.05) is 5.73 Å². The number of benzene rings is 3. The van der Waals surface area contributed by atoms with Gasteiger partial charge in [-0.1, -0.05) is 36.4 Å². The number of para-hydroxylation sites is 1. The molecule has 1 heterocycles. The first kappa shape index (κ1) is 22.9. The minimum atomic E-state index is -4.49. The Hall–Kier alpha value is -2.82. The molecule has 0 radical (unpaired) electrons. The first-order chi connectivity index (χ1) is 14.3. The molecule has 4 aromatic rings. The summed E-state index contributed by atoms with van der Waals surface area (Å²) in [5.74, 6) is 0.112. The number of azo groups is 1. The molecule has 0 saturated heterocycles. The average molecular weight is 444 g/mol. The summed E-state index contributed by atoms with van der Waals surface area (Å²) in [4.78, 5) is 3.97. The summed E-state index contributed by atoms with van der Waals surface area (Å²) in [5.41, 5.74) is 8.02. The van der Waals surface area contributed by atoms with Crippen LogP contribution in [0.2, 0.25) is 0 Å². The minimum Gasteiger partial charge on any atom is -1.00 e. The molecule has 8 nitrogen and oxygen atoms in total. The van der Waals surface area contributed by atoms with Crippen LogP contribution in [0.1, 0.15) is 1.43 Å². The summed E-state index contributed by atoms with van der Waals surface area (Å²) in [7, 11) is -4.49. The maximum atomic E-state index is 11.8. The number of aromatic nitrogens is 1. The summed E-state index contributed by atoms with van der Waals surface area (Å²) in [5, 5.41) is 18.8. The van der Waals surface area contributed by atoms with Gasteiger partial charge >= 0.3 is 29.6 Å². The van der Waals surface area contributed by atoms with Crippen LogP contribution < -0.4 is 35.3 Å². The number of nitrogens with zero attached hydrogens (tertiary/aromatic N) is 3. The number of phenolic OH excluding ortho intramolecular Hbond substituents is 1. The molecule has 0 bridgehead atoms. The van der Waals surface area contributed by atoms with E-state index >= 15 is 0 Å². The number of aromatic hydroxyl groups is 1. The zero-order chi connectivity index (χ0) is 21.3. The molecule has 0 aliphatic carbocycles. The predicted molar refractivity (Wildman–Crippen MR) is 115 cm³/mol. The van der Waals surface area contributed by atoms with E-state index in [1.807, 2.05) is 0 Å². The summed E-state index contributed by atoms with van der Waals surface area (Å²) >= 11 is 0. The van der Waals surface area contributed by atoms with Gasteiger partial charge in [0.25, 0.3) is 10.1 Å². The Morgan fingerprint density at radius 2 is 1.61 bits per heavy atom. The molecule has 4 rings (SSSR count). The maximum absolute atomic E-state index is 11.8. The Bertz CT molecular complexity index is 1400. The van der Waals surface area contributed by atoms with E-state index in [2.05, 4.69) is 15.2 Å². The van der Waals surface area contributed by atoms with Gasteiger partial charge < -0.3 is 12.3 Å². The fraction of sp³-hybridized carbons (Fsp3) is 0. The molecule has 0 aliphatic heterocycles. The second kappa shape index (κ2) is 9.13. The Balaban J connectivity index is 0.00000181. The average Bonchev–Trinajstić information content (AvgIpc) is 2.73. The molecule has 3 aromatic carbocycles. The first-order valence-electron chi connectivity index (χ1n) is 8.79. The zero-order valence-electron chi connectivity index (χ0n) is 17.5. The maximum Gasteiger partial charge on any atom is 1.00 e. The van der Waals surface area contributed by atoms with Crippen LogP contribution in [0.4, 0.5) is 17.1 Å². The molecule has 0 fully saturated rings. The predicted octanol–water partition coefficient (Wildman–Crippen LogP) is 1.97. The number of nitrogens with two attached hydrogens (primary N) is 1. The van der Waals surface area contributed by atoms with E-state index in [4.69, 9.17) is 5.73 Å². The van der Waals surface area contributed by atoms with Crippen molar-refractivity contribution in [3.63, 3.8) is 0 Å². The van der Waals surface area contributed by atoms with Crippen molar-refractivity contribution in [1.29, 1.82) is 0 Å². The third kappa shape index (κ3) is 4.76. The van der Waals surface area contributed by atoms with Crippen LogP contribution in [0.5, 0.6) is 5.75 Å². The molecule has 31 heavy (non-hydrogen) atoms. The second-order valence-corrected chi connectivity index (χ2v) is 7.84. The standard InChI is InChI=1S/C21H16N4O4S.Na.H/c22-21-15-6-2-1-5-14(15)20(30(27,28)29)11-18(21)25-24-13-9-10-17(23-12-13)16-7-3-4-8-19(16)26;;/h1-12,26H,22H2,(H,27,28,29);;/q;+1;-1. The smallest absolute Gasteiger partial charge is 1.00 e. The van der Waals surface area contributed by atoms with Crippen LogP contribution in [-0.4, -0.2) is 23.1 Å². The van der Waals surface area contributed by atoms with Gasteiger partial charge in [0.1, 0.15) is 22.0 Å². The summed E-state index contributed by atoms with van der Waals surface area (Å²) < 4.78 is 33.2.